The van der Waals surface area contributed by atoms with E-state index in [0.717, 1.165) is 5.75 Å². The number of hydrogen-bond donors (Lipinski definition) is 0. The van der Waals surface area contributed by atoms with Gasteiger partial charge in [-0.1, -0.05) is 12.1 Å². The Morgan fingerprint density at radius 2 is 1.82 bits per heavy atom. The Labute approximate surface area is 109 Å². The largest absolute Gasteiger partial charge is 1.00 e. The molecule has 3 heteroatoms. The minimum absolute atomic E-state index is 0. The van der Waals surface area contributed by atoms with Crippen molar-refractivity contribution >= 4 is 0 Å². The summed E-state index contributed by atoms with van der Waals surface area (Å²) in [7, 11) is 0. The van der Waals surface area contributed by atoms with E-state index in [4.69, 9.17) is 4.74 Å². The average Bonchev–Trinajstić information content (AvgIpc) is 1.95. The Hall–Kier alpha value is 0.456. The molecular weight excluding hydrogens is 167 g/mol. The molecule has 0 aromatic heterocycles. The van der Waals surface area contributed by atoms with Gasteiger partial charge in [0.1, 0.15) is 5.75 Å². The van der Waals surface area contributed by atoms with Crippen molar-refractivity contribution in [1.29, 1.82) is 0 Å². The second-order valence-electron chi connectivity index (χ2n) is 1.90. The smallest absolute Gasteiger partial charge is 0.872 e. The zero-order chi connectivity index (χ0) is 7.40. The van der Waals surface area contributed by atoms with Crippen LogP contribution < -0.4 is 61.2 Å². The van der Waals surface area contributed by atoms with Crippen molar-refractivity contribution in [2.45, 2.75) is 6.92 Å². The Bertz CT molecular complexity index is 196. The normalized spacial score (nSPS) is 8.45. The molecule has 0 heterocycles. The van der Waals surface area contributed by atoms with Crippen LogP contribution >= 0.6 is 0 Å². The van der Waals surface area contributed by atoms with Crippen LogP contribution in [0.4, 0.5) is 0 Å². The van der Waals surface area contributed by atoms with Gasteiger partial charge in [0.2, 0.25) is 0 Å². The van der Waals surface area contributed by atoms with Gasteiger partial charge in [0.15, 0.2) is 0 Å². The van der Waals surface area contributed by atoms with E-state index >= 15 is 0 Å². The molecule has 0 bridgehead atoms. The third kappa shape index (κ3) is 4.13. The third-order valence-corrected chi connectivity index (χ3v) is 1.13. The predicted octanol–water partition coefficient (Wildman–Crippen LogP) is -1.84. The van der Waals surface area contributed by atoms with Gasteiger partial charge in [0.05, 0.1) is 6.61 Å². The Morgan fingerprint density at radius 1 is 1.27 bits per heavy atom. The molecule has 0 aliphatic rings. The number of hydrogen-bond acceptors (Lipinski definition) is 2. The molecule has 1 aromatic carbocycles. The standard InChI is InChI=1S/C8H10O2.K/c1-2-10-8-5-3-7(9)4-6-8;/h3-6,9H,2H2,1H3;/q;+1/p-1. The Kier molecular flexibility index (Phi) is 6.28. The molecule has 0 N–H and O–H groups in total. The predicted molar refractivity (Wildman–Crippen MR) is 37.1 cm³/mol. The molecule has 0 unspecified atom stereocenters. The zero-order valence-electron chi connectivity index (χ0n) is 6.83. The van der Waals surface area contributed by atoms with Crippen molar-refractivity contribution in [3.63, 3.8) is 0 Å². The SMILES string of the molecule is CCOc1ccc([O-])cc1.[K+]. The van der Waals surface area contributed by atoms with E-state index in [1.807, 2.05) is 6.92 Å². The second kappa shape index (κ2) is 6.03. The molecule has 0 saturated carbocycles. The van der Waals surface area contributed by atoms with Gasteiger partial charge in [-0.15, -0.1) is 5.75 Å². The molecule has 11 heavy (non-hydrogen) atoms. The summed E-state index contributed by atoms with van der Waals surface area (Å²) in [6.07, 6.45) is 0. The number of ether oxygens (including phenoxy) is 1. The minimum atomic E-state index is 0. The molecule has 0 fully saturated rings. The molecule has 0 aliphatic carbocycles. The van der Waals surface area contributed by atoms with Gasteiger partial charge in [-0.3, -0.25) is 0 Å². The van der Waals surface area contributed by atoms with Crippen LogP contribution in [0.1, 0.15) is 6.92 Å². The van der Waals surface area contributed by atoms with Crippen molar-refractivity contribution in [2.24, 2.45) is 0 Å². The van der Waals surface area contributed by atoms with Crippen molar-refractivity contribution in [3.05, 3.63) is 24.3 Å². The van der Waals surface area contributed by atoms with Crippen LogP contribution in [0.15, 0.2) is 24.3 Å². The number of benzene rings is 1. The summed E-state index contributed by atoms with van der Waals surface area (Å²) in [5.41, 5.74) is 0. The molecule has 0 amide bonds. The van der Waals surface area contributed by atoms with Gasteiger partial charge in [-0.05, 0) is 19.1 Å². The van der Waals surface area contributed by atoms with Crippen LogP contribution in [0.25, 0.3) is 0 Å². The Balaban J connectivity index is 0.000001000. The fourth-order valence-electron chi connectivity index (χ4n) is 0.703. The fourth-order valence-corrected chi connectivity index (χ4v) is 0.703. The van der Waals surface area contributed by atoms with E-state index < -0.39 is 0 Å². The summed E-state index contributed by atoms with van der Waals surface area (Å²) in [6, 6.07) is 6.33. The van der Waals surface area contributed by atoms with Crippen LogP contribution in [-0.4, -0.2) is 6.61 Å². The molecule has 0 aliphatic heterocycles. The average molecular weight is 176 g/mol. The van der Waals surface area contributed by atoms with Crippen LogP contribution in [0.2, 0.25) is 0 Å². The van der Waals surface area contributed by atoms with E-state index in [-0.39, 0.29) is 57.1 Å². The maximum Gasteiger partial charge on any atom is 1.00 e. The first-order chi connectivity index (χ1) is 4.83. The second-order valence-corrected chi connectivity index (χ2v) is 1.90. The molecule has 1 rings (SSSR count). The summed E-state index contributed by atoms with van der Waals surface area (Å²) in [6.45, 7) is 2.54. The number of rotatable bonds is 2. The van der Waals surface area contributed by atoms with Gasteiger partial charge in [0, 0.05) is 0 Å². The van der Waals surface area contributed by atoms with Gasteiger partial charge in [-0.2, -0.15) is 0 Å². The third-order valence-electron chi connectivity index (χ3n) is 1.13. The summed E-state index contributed by atoms with van der Waals surface area (Å²) < 4.78 is 5.12. The van der Waals surface area contributed by atoms with E-state index in [1.165, 1.54) is 12.1 Å². The van der Waals surface area contributed by atoms with E-state index in [0.29, 0.717) is 6.61 Å². The first-order valence-corrected chi connectivity index (χ1v) is 3.23. The first-order valence-electron chi connectivity index (χ1n) is 3.23. The van der Waals surface area contributed by atoms with Crippen molar-refractivity contribution in [2.75, 3.05) is 6.61 Å². The molecule has 0 saturated heterocycles. The minimum Gasteiger partial charge on any atom is -0.872 e. The maximum absolute atomic E-state index is 10.6. The Morgan fingerprint density at radius 3 is 2.27 bits per heavy atom. The van der Waals surface area contributed by atoms with Gasteiger partial charge < -0.3 is 9.84 Å². The van der Waals surface area contributed by atoms with Gasteiger partial charge in [0.25, 0.3) is 0 Å². The summed E-state index contributed by atoms with van der Waals surface area (Å²) in [4.78, 5) is 0. The summed E-state index contributed by atoms with van der Waals surface area (Å²) in [5, 5.41) is 10.6. The molecule has 0 spiro atoms. The van der Waals surface area contributed by atoms with E-state index in [9.17, 15) is 5.11 Å². The maximum atomic E-state index is 10.6. The van der Waals surface area contributed by atoms with Crippen molar-refractivity contribution in [1.82, 2.24) is 0 Å². The first kappa shape index (κ1) is 11.5. The van der Waals surface area contributed by atoms with Crippen LogP contribution in [0.5, 0.6) is 11.5 Å². The topological polar surface area (TPSA) is 32.3 Å². The van der Waals surface area contributed by atoms with Crippen molar-refractivity contribution in [3.8, 4) is 11.5 Å². The summed E-state index contributed by atoms with van der Waals surface area (Å²) in [5.74, 6) is 0.769. The van der Waals surface area contributed by atoms with Crippen molar-refractivity contribution < 1.29 is 61.2 Å². The molecule has 0 radical (unpaired) electrons. The van der Waals surface area contributed by atoms with Crippen LogP contribution in [0.3, 0.4) is 0 Å². The molecule has 0 atom stereocenters. The molecular formula is C8H9KO2. The quantitative estimate of drug-likeness (QED) is 0.496. The van der Waals surface area contributed by atoms with E-state index in [2.05, 4.69) is 0 Å². The van der Waals surface area contributed by atoms with Gasteiger partial charge in [-0.25, -0.2) is 0 Å². The monoisotopic (exact) mass is 176 g/mol. The van der Waals surface area contributed by atoms with Crippen LogP contribution in [-0.2, 0) is 0 Å². The van der Waals surface area contributed by atoms with Gasteiger partial charge >= 0.3 is 51.4 Å². The fraction of sp³-hybridized carbons (Fsp3) is 0.250. The molecule has 54 valence electrons. The zero-order valence-corrected chi connectivity index (χ0v) is 9.96. The van der Waals surface area contributed by atoms with Crippen LogP contribution in [0, 0.1) is 0 Å². The van der Waals surface area contributed by atoms with E-state index in [1.54, 1.807) is 12.1 Å². The summed E-state index contributed by atoms with van der Waals surface area (Å²) >= 11 is 0. The molecule has 1 aromatic rings. The molecule has 2 nitrogen and oxygen atoms in total.